The highest BCUT2D eigenvalue weighted by Crippen LogP contribution is 2.32. The molecule has 5 nitrogen and oxygen atoms in total. The van der Waals surface area contributed by atoms with Crippen LogP contribution in [0.15, 0.2) is 42.7 Å². The minimum absolute atomic E-state index is 0.0471. The molecule has 1 aliphatic heterocycles. The lowest BCUT2D eigenvalue weighted by atomic mass is 10.1. The van der Waals surface area contributed by atoms with E-state index in [9.17, 15) is 9.18 Å². The molecule has 1 aromatic heterocycles. The Morgan fingerprint density at radius 2 is 2.17 bits per heavy atom. The summed E-state index contributed by atoms with van der Waals surface area (Å²) in [4.78, 5) is 20.0. The predicted octanol–water partition coefficient (Wildman–Crippen LogP) is 2.22. The van der Waals surface area contributed by atoms with E-state index in [0.29, 0.717) is 25.4 Å². The smallest absolute Gasteiger partial charge is 0.253 e. The van der Waals surface area contributed by atoms with Gasteiger partial charge in [-0.25, -0.2) is 4.39 Å². The van der Waals surface area contributed by atoms with E-state index in [4.69, 9.17) is 4.74 Å². The van der Waals surface area contributed by atoms with Crippen molar-refractivity contribution in [3.63, 3.8) is 0 Å². The van der Waals surface area contributed by atoms with Gasteiger partial charge in [-0.2, -0.15) is 0 Å². The molecule has 1 aromatic carbocycles. The van der Waals surface area contributed by atoms with Crippen molar-refractivity contribution < 1.29 is 13.9 Å². The first-order chi connectivity index (χ1) is 11.1. The first-order valence-corrected chi connectivity index (χ1v) is 7.43. The second kappa shape index (κ2) is 6.75. The monoisotopic (exact) mass is 315 g/mol. The number of benzene rings is 1. The average Bonchev–Trinajstić information content (AvgIpc) is 2.56. The fourth-order valence-corrected chi connectivity index (χ4v) is 2.60. The lowest BCUT2D eigenvalue weighted by molar-refractivity contribution is -0.123. The van der Waals surface area contributed by atoms with E-state index in [1.165, 1.54) is 12.1 Å². The largest absolute Gasteiger partial charge is 0.371 e. The van der Waals surface area contributed by atoms with Gasteiger partial charge in [-0.1, -0.05) is 6.07 Å². The summed E-state index contributed by atoms with van der Waals surface area (Å²) >= 11 is 0. The molecule has 0 spiro atoms. The van der Waals surface area contributed by atoms with Crippen LogP contribution < -0.4 is 9.80 Å². The molecule has 2 heterocycles. The Labute approximate surface area is 134 Å². The van der Waals surface area contributed by atoms with Crippen LogP contribution in [0.2, 0.25) is 0 Å². The lowest BCUT2D eigenvalue weighted by Gasteiger charge is -2.35. The van der Waals surface area contributed by atoms with Crippen LogP contribution in [-0.4, -0.2) is 37.6 Å². The van der Waals surface area contributed by atoms with E-state index in [1.807, 2.05) is 24.1 Å². The first kappa shape index (κ1) is 15.4. The number of halogens is 1. The SMILES string of the molecule is CN1CCN(C(=O)COCc2cccnc2)c2cc(F)ccc21. The van der Waals surface area contributed by atoms with Gasteiger partial charge in [-0.05, 0) is 29.8 Å². The van der Waals surface area contributed by atoms with Crippen LogP contribution in [0.4, 0.5) is 15.8 Å². The zero-order chi connectivity index (χ0) is 16.2. The third-order valence-electron chi connectivity index (χ3n) is 3.82. The van der Waals surface area contributed by atoms with Gasteiger partial charge in [0.1, 0.15) is 12.4 Å². The molecule has 2 aromatic rings. The van der Waals surface area contributed by atoms with Gasteiger partial charge in [0.2, 0.25) is 0 Å². The van der Waals surface area contributed by atoms with E-state index < -0.39 is 0 Å². The number of hydrogen-bond acceptors (Lipinski definition) is 4. The molecule has 0 radical (unpaired) electrons. The summed E-state index contributed by atoms with van der Waals surface area (Å²) < 4.78 is 19.0. The zero-order valence-electron chi connectivity index (χ0n) is 12.9. The maximum atomic E-state index is 13.5. The molecule has 1 amide bonds. The number of hydrogen-bond donors (Lipinski definition) is 0. The van der Waals surface area contributed by atoms with Crippen molar-refractivity contribution in [2.75, 3.05) is 36.5 Å². The molecule has 120 valence electrons. The van der Waals surface area contributed by atoms with E-state index in [2.05, 4.69) is 4.98 Å². The van der Waals surface area contributed by atoms with E-state index in [-0.39, 0.29) is 18.3 Å². The average molecular weight is 315 g/mol. The van der Waals surface area contributed by atoms with E-state index >= 15 is 0 Å². The summed E-state index contributed by atoms with van der Waals surface area (Å²) in [5.74, 6) is -0.526. The lowest BCUT2D eigenvalue weighted by Crippen LogP contribution is -2.44. The topological polar surface area (TPSA) is 45.7 Å². The Morgan fingerprint density at radius 1 is 1.30 bits per heavy atom. The normalized spacial score (nSPS) is 13.8. The van der Waals surface area contributed by atoms with Crippen molar-refractivity contribution in [1.29, 1.82) is 0 Å². The summed E-state index contributed by atoms with van der Waals surface area (Å²) in [6, 6.07) is 8.20. The fourth-order valence-electron chi connectivity index (χ4n) is 2.60. The molecule has 0 saturated carbocycles. The molecule has 1 aliphatic rings. The van der Waals surface area contributed by atoms with Crippen molar-refractivity contribution >= 4 is 17.3 Å². The highest BCUT2D eigenvalue weighted by Gasteiger charge is 2.25. The van der Waals surface area contributed by atoms with Crippen molar-refractivity contribution in [2.45, 2.75) is 6.61 Å². The molecule has 0 aliphatic carbocycles. The molecular weight excluding hydrogens is 297 g/mol. The molecule has 0 N–H and O–H groups in total. The van der Waals surface area contributed by atoms with Crippen molar-refractivity contribution in [2.24, 2.45) is 0 Å². The maximum absolute atomic E-state index is 13.5. The standard InChI is InChI=1S/C17H18FN3O2/c1-20-7-8-21(16-9-14(18)4-5-15(16)20)17(22)12-23-11-13-3-2-6-19-10-13/h2-6,9-10H,7-8,11-12H2,1H3. The summed E-state index contributed by atoms with van der Waals surface area (Å²) in [5, 5.41) is 0. The Balaban J connectivity index is 1.66. The van der Waals surface area contributed by atoms with Crippen LogP contribution in [0, 0.1) is 5.82 Å². The number of carbonyl (C=O) groups excluding carboxylic acids is 1. The Kier molecular flexibility index (Phi) is 4.52. The predicted molar refractivity (Wildman–Crippen MR) is 85.9 cm³/mol. The number of rotatable bonds is 4. The Bertz CT molecular complexity index is 693. The van der Waals surface area contributed by atoms with Crippen LogP contribution in [-0.2, 0) is 16.1 Å². The molecule has 0 saturated heterocycles. The number of anilines is 2. The van der Waals surface area contributed by atoms with Crippen LogP contribution in [0.25, 0.3) is 0 Å². The van der Waals surface area contributed by atoms with Crippen molar-refractivity contribution in [1.82, 2.24) is 4.98 Å². The van der Waals surface area contributed by atoms with Gasteiger partial charge in [-0.15, -0.1) is 0 Å². The number of pyridine rings is 1. The van der Waals surface area contributed by atoms with Gasteiger partial charge in [0.05, 0.1) is 18.0 Å². The third-order valence-corrected chi connectivity index (χ3v) is 3.82. The second-order valence-electron chi connectivity index (χ2n) is 5.45. The number of carbonyl (C=O) groups is 1. The molecule has 3 rings (SSSR count). The van der Waals surface area contributed by atoms with Crippen LogP contribution >= 0.6 is 0 Å². The minimum Gasteiger partial charge on any atom is -0.371 e. The van der Waals surface area contributed by atoms with Crippen LogP contribution in [0.5, 0.6) is 0 Å². The van der Waals surface area contributed by atoms with E-state index in [1.54, 1.807) is 23.4 Å². The van der Waals surface area contributed by atoms with Gasteiger partial charge in [0.25, 0.3) is 5.91 Å². The van der Waals surface area contributed by atoms with Crippen LogP contribution in [0.3, 0.4) is 0 Å². The number of amides is 1. The van der Waals surface area contributed by atoms with Gasteiger partial charge in [-0.3, -0.25) is 9.78 Å². The number of likely N-dealkylation sites (N-methyl/N-ethyl adjacent to an activating group) is 1. The minimum atomic E-state index is -0.354. The zero-order valence-corrected chi connectivity index (χ0v) is 12.9. The Morgan fingerprint density at radius 3 is 2.96 bits per heavy atom. The summed E-state index contributed by atoms with van der Waals surface area (Å²) in [6.45, 7) is 1.49. The quantitative estimate of drug-likeness (QED) is 0.868. The molecule has 23 heavy (non-hydrogen) atoms. The van der Waals surface area contributed by atoms with Gasteiger partial charge < -0.3 is 14.5 Å². The highest BCUT2D eigenvalue weighted by atomic mass is 19.1. The van der Waals surface area contributed by atoms with E-state index in [0.717, 1.165) is 11.3 Å². The van der Waals surface area contributed by atoms with Gasteiger partial charge >= 0.3 is 0 Å². The molecule has 0 bridgehead atoms. The molecular formula is C17H18FN3O2. The number of nitrogens with zero attached hydrogens (tertiary/aromatic N) is 3. The summed E-state index contributed by atoms with van der Waals surface area (Å²) in [5.41, 5.74) is 2.34. The van der Waals surface area contributed by atoms with Crippen LogP contribution in [0.1, 0.15) is 5.56 Å². The molecule has 0 atom stereocenters. The fraction of sp³-hybridized carbons (Fsp3) is 0.294. The molecule has 6 heteroatoms. The summed E-state index contributed by atoms with van der Waals surface area (Å²) in [7, 11) is 1.93. The second-order valence-corrected chi connectivity index (χ2v) is 5.45. The number of fused-ring (bicyclic) bond motifs is 1. The molecule has 0 unspecified atom stereocenters. The maximum Gasteiger partial charge on any atom is 0.253 e. The number of aromatic nitrogens is 1. The third kappa shape index (κ3) is 3.48. The highest BCUT2D eigenvalue weighted by molar-refractivity contribution is 5.98. The van der Waals surface area contributed by atoms with Gasteiger partial charge in [0, 0.05) is 32.5 Å². The van der Waals surface area contributed by atoms with Gasteiger partial charge in [0.15, 0.2) is 0 Å². The summed E-state index contributed by atoms with van der Waals surface area (Å²) in [6.07, 6.45) is 3.38. The first-order valence-electron chi connectivity index (χ1n) is 7.43. The molecule has 0 fully saturated rings. The Hall–Kier alpha value is -2.47. The van der Waals surface area contributed by atoms with Crippen molar-refractivity contribution in [3.8, 4) is 0 Å². The van der Waals surface area contributed by atoms with Crippen molar-refractivity contribution in [3.05, 3.63) is 54.1 Å². The number of ether oxygens (including phenoxy) is 1.